The number of anilines is 1. The molecule has 0 saturated carbocycles. The van der Waals surface area contributed by atoms with Crippen LogP contribution in [0.4, 0.5) is 5.13 Å². The van der Waals surface area contributed by atoms with E-state index in [9.17, 15) is 0 Å². The van der Waals surface area contributed by atoms with Crippen LogP contribution in [-0.2, 0) is 0 Å². The molecule has 1 aromatic rings. The molecule has 0 aromatic carbocycles. The van der Waals surface area contributed by atoms with Crippen LogP contribution < -0.4 is 5.32 Å². The summed E-state index contributed by atoms with van der Waals surface area (Å²) in [6, 6.07) is 0.452. The maximum absolute atomic E-state index is 4.01. The Hall–Kier alpha value is -0.680. The maximum atomic E-state index is 4.01. The lowest BCUT2D eigenvalue weighted by molar-refractivity contribution is 0.356. The second-order valence-electron chi connectivity index (χ2n) is 4.48. The Kier molecular flexibility index (Phi) is 4.98. The molecule has 1 N–H and O–H groups in total. The van der Waals surface area contributed by atoms with Crippen LogP contribution in [0.25, 0.3) is 0 Å². The van der Waals surface area contributed by atoms with Crippen molar-refractivity contribution >= 4 is 16.5 Å². The third-order valence-electron chi connectivity index (χ3n) is 2.03. The molecular weight excluding hydrogens is 208 g/mol. The van der Waals surface area contributed by atoms with Crippen molar-refractivity contribution in [1.82, 2.24) is 15.1 Å². The lowest BCUT2D eigenvalue weighted by Gasteiger charge is -2.23. The van der Waals surface area contributed by atoms with E-state index in [1.54, 1.807) is 16.8 Å². The zero-order valence-electron chi connectivity index (χ0n) is 9.90. The second kappa shape index (κ2) is 6.02. The summed E-state index contributed by atoms with van der Waals surface area (Å²) in [5, 5.41) is 12.2. The van der Waals surface area contributed by atoms with Gasteiger partial charge in [0.15, 0.2) is 0 Å². The smallest absolute Gasteiger partial charge is 0.205 e. The molecule has 1 aromatic heterocycles. The van der Waals surface area contributed by atoms with Gasteiger partial charge in [-0.1, -0.05) is 25.2 Å². The van der Waals surface area contributed by atoms with Crippen molar-refractivity contribution in [2.75, 3.05) is 26.0 Å². The SMILES string of the molecule is CC(C)CC(CN(C)C)Nc1nncs1. The first-order valence-electron chi connectivity index (χ1n) is 5.25. The first-order chi connectivity index (χ1) is 7.08. The molecule has 0 aliphatic carbocycles. The van der Waals surface area contributed by atoms with Crippen LogP contribution in [0.2, 0.25) is 0 Å². The Bertz CT molecular complexity index is 248. The molecule has 5 heteroatoms. The maximum Gasteiger partial charge on any atom is 0.205 e. The topological polar surface area (TPSA) is 41.0 Å². The summed E-state index contributed by atoms with van der Waals surface area (Å²) >= 11 is 1.55. The summed E-state index contributed by atoms with van der Waals surface area (Å²) in [6.07, 6.45) is 1.15. The summed E-state index contributed by atoms with van der Waals surface area (Å²) in [5.41, 5.74) is 1.75. The molecule has 0 aliphatic rings. The minimum absolute atomic E-state index is 0.452. The Morgan fingerprint density at radius 3 is 2.67 bits per heavy atom. The average molecular weight is 228 g/mol. The van der Waals surface area contributed by atoms with Gasteiger partial charge in [0.25, 0.3) is 0 Å². The van der Waals surface area contributed by atoms with E-state index in [1.165, 1.54) is 0 Å². The Balaban J connectivity index is 2.48. The van der Waals surface area contributed by atoms with E-state index in [-0.39, 0.29) is 0 Å². The van der Waals surface area contributed by atoms with E-state index in [4.69, 9.17) is 0 Å². The predicted molar refractivity (Wildman–Crippen MR) is 65.3 cm³/mol. The first-order valence-corrected chi connectivity index (χ1v) is 6.13. The molecule has 0 radical (unpaired) electrons. The fraction of sp³-hybridized carbons (Fsp3) is 0.800. The lowest BCUT2D eigenvalue weighted by atomic mass is 10.0. The highest BCUT2D eigenvalue weighted by Crippen LogP contribution is 2.14. The largest absolute Gasteiger partial charge is 0.356 e. The van der Waals surface area contributed by atoms with Crippen LogP contribution in [0.5, 0.6) is 0 Å². The molecule has 1 atom stereocenters. The van der Waals surface area contributed by atoms with Crippen LogP contribution in [0.1, 0.15) is 20.3 Å². The molecular formula is C10H20N4S. The minimum atomic E-state index is 0.452. The van der Waals surface area contributed by atoms with Gasteiger partial charge in [-0.15, -0.1) is 10.2 Å². The molecule has 0 fully saturated rings. The van der Waals surface area contributed by atoms with E-state index in [1.807, 2.05) is 0 Å². The number of aromatic nitrogens is 2. The van der Waals surface area contributed by atoms with Gasteiger partial charge in [-0.3, -0.25) is 0 Å². The normalized spacial score (nSPS) is 13.5. The first kappa shape index (κ1) is 12.4. The fourth-order valence-electron chi connectivity index (χ4n) is 1.60. The monoisotopic (exact) mass is 228 g/mol. The van der Waals surface area contributed by atoms with Gasteiger partial charge >= 0.3 is 0 Å². The van der Waals surface area contributed by atoms with Crippen molar-refractivity contribution < 1.29 is 0 Å². The third-order valence-corrected chi connectivity index (χ3v) is 2.65. The molecule has 0 saturated heterocycles. The highest BCUT2D eigenvalue weighted by Gasteiger charge is 2.12. The molecule has 4 nitrogen and oxygen atoms in total. The molecule has 1 heterocycles. The summed E-state index contributed by atoms with van der Waals surface area (Å²) < 4.78 is 0. The number of hydrogen-bond donors (Lipinski definition) is 1. The molecule has 1 unspecified atom stereocenters. The van der Waals surface area contributed by atoms with Crippen molar-refractivity contribution in [3.8, 4) is 0 Å². The number of hydrogen-bond acceptors (Lipinski definition) is 5. The number of nitrogens with one attached hydrogen (secondary N) is 1. The Labute approximate surface area is 95.7 Å². The number of nitrogens with zero attached hydrogens (tertiary/aromatic N) is 3. The van der Waals surface area contributed by atoms with E-state index in [0.717, 1.165) is 18.1 Å². The second-order valence-corrected chi connectivity index (χ2v) is 5.31. The zero-order valence-corrected chi connectivity index (χ0v) is 10.7. The van der Waals surface area contributed by atoms with Crippen LogP contribution in [-0.4, -0.2) is 41.8 Å². The molecule has 1 rings (SSSR count). The number of rotatable bonds is 6. The lowest BCUT2D eigenvalue weighted by Crippen LogP contribution is -2.33. The van der Waals surface area contributed by atoms with E-state index < -0.39 is 0 Å². The van der Waals surface area contributed by atoms with Gasteiger partial charge in [0.05, 0.1) is 0 Å². The summed E-state index contributed by atoms with van der Waals surface area (Å²) in [6.45, 7) is 5.51. The predicted octanol–water partition coefficient (Wildman–Crippen LogP) is 1.93. The highest BCUT2D eigenvalue weighted by molar-refractivity contribution is 7.13. The van der Waals surface area contributed by atoms with Gasteiger partial charge < -0.3 is 10.2 Å². The van der Waals surface area contributed by atoms with Gasteiger partial charge in [0.1, 0.15) is 5.51 Å². The molecule has 0 amide bonds. The fourth-order valence-corrected chi connectivity index (χ4v) is 2.12. The minimum Gasteiger partial charge on any atom is -0.356 e. The summed E-state index contributed by atoms with van der Waals surface area (Å²) in [7, 11) is 4.18. The highest BCUT2D eigenvalue weighted by atomic mass is 32.1. The molecule has 86 valence electrons. The quantitative estimate of drug-likeness (QED) is 0.807. The van der Waals surface area contributed by atoms with Crippen LogP contribution in [0, 0.1) is 5.92 Å². The van der Waals surface area contributed by atoms with E-state index in [2.05, 4.69) is 48.4 Å². The summed E-state index contributed by atoms with van der Waals surface area (Å²) in [4.78, 5) is 2.20. The van der Waals surface area contributed by atoms with Gasteiger partial charge in [0.2, 0.25) is 5.13 Å². The van der Waals surface area contributed by atoms with Crippen molar-refractivity contribution in [1.29, 1.82) is 0 Å². The van der Waals surface area contributed by atoms with Gasteiger partial charge in [-0.05, 0) is 26.4 Å². The van der Waals surface area contributed by atoms with Gasteiger partial charge in [-0.2, -0.15) is 0 Å². The average Bonchev–Trinajstić information content (AvgIpc) is 2.53. The van der Waals surface area contributed by atoms with Crippen molar-refractivity contribution in [2.45, 2.75) is 26.3 Å². The van der Waals surface area contributed by atoms with Crippen molar-refractivity contribution in [2.24, 2.45) is 5.92 Å². The van der Waals surface area contributed by atoms with Crippen LogP contribution in [0.3, 0.4) is 0 Å². The molecule has 0 bridgehead atoms. The van der Waals surface area contributed by atoms with E-state index >= 15 is 0 Å². The van der Waals surface area contributed by atoms with Crippen molar-refractivity contribution in [3.63, 3.8) is 0 Å². The molecule has 0 aliphatic heterocycles. The van der Waals surface area contributed by atoms with E-state index in [0.29, 0.717) is 12.0 Å². The van der Waals surface area contributed by atoms with Crippen LogP contribution in [0.15, 0.2) is 5.51 Å². The Morgan fingerprint density at radius 1 is 1.47 bits per heavy atom. The van der Waals surface area contributed by atoms with Gasteiger partial charge in [0, 0.05) is 12.6 Å². The van der Waals surface area contributed by atoms with Crippen LogP contribution >= 0.6 is 11.3 Å². The molecule has 15 heavy (non-hydrogen) atoms. The third kappa shape index (κ3) is 5.09. The Morgan fingerprint density at radius 2 is 2.20 bits per heavy atom. The zero-order chi connectivity index (χ0) is 11.3. The van der Waals surface area contributed by atoms with Gasteiger partial charge in [-0.25, -0.2) is 0 Å². The summed E-state index contributed by atoms with van der Waals surface area (Å²) in [5.74, 6) is 0.690. The number of likely N-dealkylation sites (N-methyl/N-ethyl adjacent to an activating group) is 1. The molecule has 0 spiro atoms. The van der Waals surface area contributed by atoms with Crippen molar-refractivity contribution in [3.05, 3.63) is 5.51 Å². The standard InChI is InChI=1S/C10H20N4S/c1-8(2)5-9(6-14(3)4)12-10-13-11-7-15-10/h7-9H,5-6H2,1-4H3,(H,12,13).